The monoisotopic (exact) mass is 343 g/mol. The van der Waals surface area contributed by atoms with Gasteiger partial charge in [-0.3, -0.25) is 14.4 Å². The van der Waals surface area contributed by atoms with E-state index < -0.39 is 0 Å². The summed E-state index contributed by atoms with van der Waals surface area (Å²) in [5, 5.41) is 0. The molecule has 1 saturated heterocycles. The van der Waals surface area contributed by atoms with E-state index in [-0.39, 0.29) is 17.7 Å². The van der Waals surface area contributed by atoms with Crippen LogP contribution in [0.15, 0.2) is 18.2 Å². The molecule has 1 fully saturated rings. The summed E-state index contributed by atoms with van der Waals surface area (Å²) in [5.41, 5.74) is 2.60. The minimum Gasteiger partial charge on any atom is -0.341 e. The molecule has 0 saturated carbocycles. The molecule has 0 aromatic heterocycles. The van der Waals surface area contributed by atoms with Gasteiger partial charge in [0.25, 0.3) is 5.91 Å². The Bertz CT molecular complexity index is 701. The van der Waals surface area contributed by atoms with Crippen molar-refractivity contribution in [2.24, 2.45) is 0 Å². The third-order valence-corrected chi connectivity index (χ3v) is 5.11. The molecule has 0 atom stereocenters. The van der Waals surface area contributed by atoms with Crippen LogP contribution in [0.2, 0.25) is 0 Å². The second-order valence-corrected chi connectivity index (χ2v) is 6.68. The van der Waals surface area contributed by atoms with Crippen LogP contribution >= 0.6 is 0 Å². The number of hydrogen-bond acceptors (Lipinski definition) is 3. The van der Waals surface area contributed by atoms with Crippen LogP contribution in [0, 0.1) is 0 Å². The maximum Gasteiger partial charge on any atom is 0.253 e. The molecule has 0 radical (unpaired) electrons. The number of benzene rings is 1. The van der Waals surface area contributed by atoms with E-state index in [9.17, 15) is 14.4 Å². The second-order valence-electron chi connectivity index (χ2n) is 6.68. The molecular weight excluding hydrogens is 318 g/mol. The van der Waals surface area contributed by atoms with E-state index in [2.05, 4.69) is 0 Å². The molecule has 0 bridgehead atoms. The van der Waals surface area contributed by atoms with Gasteiger partial charge in [-0.15, -0.1) is 0 Å². The molecule has 0 N–H and O–H groups in total. The SMILES string of the molecule is CCC(=O)N1CCCN(C(=O)c2ccc3c(c2)CCC(=O)N3C)CC1. The first-order chi connectivity index (χ1) is 12.0. The number of carbonyl (C=O) groups excluding carboxylic acids is 3. The number of aryl methyl sites for hydroxylation is 1. The van der Waals surface area contributed by atoms with E-state index >= 15 is 0 Å². The zero-order valence-corrected chi connectivity index (χ0v) is 15.0. The molecule has 3 amide bonds. The first-order valence-corrected chi connectivity index (χ1v) is 8.97. The number of rotatable bonds is 2. The van der Waals surface area contributed by atoms with E-state index in [1.54, 1.807) is 18.0 Å². The average molecular weight is 343 g/mol. The highest BCUT2D eigenvalue weighted by Crippen LogP contribution is 2.28. The smallest absolute Gasteiger partial charge is 0.253 e. The Balaban J connectivity index is 1.73. The summed E-state index contributed by atoms with van der Waals surface area (Å²) in [7, 11) is 1.77. The highest BCUT2D eigenvalue weighted by molar-refractivity contribution is 5.99. The van der Waals surface area contributed by atoms with Crippen LogP contribution < -0.4 is 4.90 Å². The third kappa shape index (κ3) is 3.52. The summed E-state index contributed by atoms with van der Waals surface area (Å²) in [6, 6.07) is 5.58. The summed E-state index contributed by atoms with van der Waals surface area (Å²) in [6.07, 6.45) is 2.47. The van der Waals surface area contributed by atoms with Crippen LogP contribution in [-0.2, 0) is 16.0 Å². The summed E-state index contributed by atoms with van der Waals surface area (Å²) in [4.78, 5) is 41.9. The fraction of sp³-hybridized carbons (Fsp3) is 0.526. The van der Waals surface area contributed by atoms with Crippen molar-refractivity contribution < 1.29 is 14.4 Å². The van der Waals surface area contributed by atoms with Gasteiger partial charge >= 0.3 is 0 Å². The van der Waals surface area contributed by atoms with Crippen molar-refractivity contribution >= 4 is 23.4 Å². The maximum absolute atomic E-state index is 12.9. The Morgan fingerprint density at radius 2 is 1.76 bits per heavy atom. The van der Waals surface area contributed by atoms with Crippen LogP contribution in [0.1, 0.15) is 42.1 Å². The van der Waals surface area contributed by atoms with E-state index in [0.717, 1.165) is 17.7 Å². The molecule has 0 aliphatic carbocycles. The Hall–Kier alpha value is -2.37. The minimum absolute atomic E-state index is 0.00755. The highest BCUT2D eigenvalue weighted by atomic mass is 16.2. The van der Waals surface area contributed by atoms with Crippen LogP contribution in [0.5, 0.6) is 0 Å². The number of carbonyl (C=O) groups is 3. The lowest BCUT2D eigenvalue weighted by Crippen LogP contribution is -2.37. The molecule has 0 unspecified atom stereocenters. The maximum atomic E-state index is 12.9. The first kappa shape index (κ1) is 17.5. The lowest BCUT2D eigenvalue weighted by molar-refractivity contribution is -0.130. The molecule has 1 aromatic carbocycles. The van der Waals surface area contributed by atoms with Gasteiger partial charge in [0.15, 0.2) is 0 Å². The summed E-state index contributed by atoms with van der Waals surface area (Å²) in [5.74, 6) is 0.267. The molecule has 2 aliphatic heterocycles. The number of nitrogens with zero attached hydrogens (tertiary/aromatic N) is 3. The molecule has 134 valence electrons. The third-order valence-electron chi connectivity index (χ3n) is 5.11. The van der Waals surface area contributed by atoms with Crippen molar-refractivity contribution in [3.8, 4) is 0 Å². The fourth-order valence-corrected chi connectivity index (χ4v) is 3.57. The Kier molecular flexibility index (Phi) is 5.06. The van der Waals surface area contributed by atoms with Crippen molar-refractivity contribution in [2.75, 3.05) is 38.1 Å². The van der Waals surface area contributed by atoms with E-state index in [1.807, 2.05) is 28.9 Å². The Morgan fingerprint density at radius 3 is 2.52 bits per heavy atom. The lowest BCUT2D eigenvalue weighted by Gasteiger charge is -2.27. The summed E-state index contributed by atoms with van der Waals surface area (Å²) in [6.45, 7) is 4.42. The molecular formula is C19H25N3O3. The normalized spacial score (nSPS) is 18.0. The zero-order valence-electron chi connectivity index (χ0n) is 15.0. The summed E-state index contributed by atoms with van der Waals surface area (Å²) < 4.78 is 0. The van der Waals surface area contributed by atoms with Crippen LogP contribution in [0.4, 0.5) is 5.69 Å². The molecule has 2 aliphatic rings. The summed E-state index contributed by atoms with van der Waals surface area (Å²) >= 11 is 0. The van der Waals surface area contributed by atoms with Crippen molar-refractivity contribution in [1.82, 2.24) is 9.80 Å². The van der Waals surface area contributed by atoms with Gasteiger partial charge in [0.2, 0.25) is 11.8 Å². The molecule has 3 rings (SSSR count). The molecule has 0 spiro atoms. The molecule has 25 heavy (non-hydrogen) atoms. The quantitative estimate of drug-likeness (QED) is 0.821. The molecule has 1 aromatic rings. The first-order valence-electron chi connectivity index (χ1n) is 8.97. The van der Waals surface area contributed by atoms with Crippen molar-refractivity contribution in [3.05, 3.63) is 29.3 Å². The fourth-order valence-electron chi connectivity index (χ4n) is 3.57. The zero-order chi connectivity index (χ0) is 18.0. The van der Waals surface area contributed by atoms with Gasteiger partial charge in [-0.2, -0.15) is 0 Å². The second kappa shape index (κ2) is 7.25. The molecule has 2 heterocycles. The lowest BCUT2D eigenvalue weighted by atomic mass is 9.98. The molecule has 6 heteroatoms. The van der Waals surface area contributed by atoms with Crippen LogP contribution in [-0.4, -0.2) is 60.7 Å². The Morgan fingerprint density at radius 1 is 1.04 bits per heavy atom. The molecule has 6 nitrogen and oxygen atoms in total. The van der Waals surface area contributed by atoms with Crippen molar-refractivity contribution in [2.45, 2.75) is 32.6 Å². The van der Waals surface area contributed by atoms with Gasteiger partial charge in [-0.05, 0) is 36.6 Å². The van der Waals surface area contributed by atoms with Crippen molar-refractivity contribution in [1.29, 1.82) is 0 Å². The highest BCUT2D eigenvalue weighted by Gasteiger charge is 2.25. The Labute approximate surface area is 148 Å². The van der Waals surface area contributed by atoms with Gasteiger partial charge in [-0.25, -0.2) is 0 Å². The number of hydrogen-bond donors (Lipinski definition) is 0. The topological polar surface area (TPSA) is 60.9 Å². The average Bonchev–Trinajstić information content (AvgIpc) is 2.89. The van der Waals surface area contributed by atoms with Gasteiger partial charge in [0.05, 0.1) is 0 Å². The number of anilines is 1. The van der Waals surface area contributed by atoms with E-state index in [4.69, 9.17) is 0 Å². The van der Waals surface area contributed by atoms with Gasteiger partial charge in [0, 0.05) is 57.3 Å². The van der Waals surface area contributed by atoms with E-state index in [1.165, 1.54) is 0 Å². The minimum atomic E-state index is 0.00755. The number of fused-ring (bicyclic) bond motifs is 1. The van der Waals surface area contributed by atoms with E-state index in [0.29, 0.717) is 51.0 Å². The predicted octanol–water partition coefficient (Wildman–Crippen LogP) is 1.68. The van der Waals surface area contributed by atoms with Crippen LogP contribution in [0.3, 0.4) is 0 Å². The largest absolute Gasteiger partial charge is 0.341 e. The van der Waals surface area contributed by atoms with Gasteiger partial charge < -0.3 is 14.7 Å². The van der Waals surface area contributed by atoms with Crippen LogP contribution in [0.25, 0.3) is 0 Å². The number of amides is 3. The van der Waals surface area contributed by atoms with Crippen molar-refractivity contribution in [3.63, 3.8) is 0 Å². The van der Waals surface area contributed by atoms with Gasteiger partial charge in [0.1, 0.15) is 0 Å². The van der Waals surface area contributed by atoms with Gasteiger partial charge in [-0.1, -0.05) is 6.92 Å². The standard InChI is InChI=1S/C19H25N3O3/c1-3-17(23)21-9-4-10-22(12-11-21)19(25)15-5-7-16-14(13-15)6-8-18(24)20(16)2/h5,7,13H,3-4,6,8-12H2,1-2H3. The predicted molar refractivity (Wildman–Crippen MR) is 95.6 cm³/mol.